The number of nitro groups is 1. The summed E-state index contributed by atoms with van der Waals surface area (Å²) in [7, 11) is 1.65. The number of hydrogen-bond donors (Lipinski definition) is 6. The zero-order chi connectivity index (χ0) is 28.2. The van der Waals surface area contributed by atoms with Gasteiger partial charge in [0.25, 0.3) is 5.96 Å². The van der Waals surface area contributed by atoms with Crippen molar-refractivity contribution in [1.82, 2.24) is 26.7 Å². The minimum absolute atomic E-state index is 0.114. The standard InChI is InChI=1S/C25H40N8O5/c1-15(2)21(31-22(34)16(3)27-4)24(36)30-20(13-8-14-28-25(26)32-33(37)38)23(35)29-19-12-7-10-17-9-5-6-11-18(17)19/h5-6,9,11,15-16,19-21,27H,7-8,10,12-14H2,1-4H3,(H,29,35)(H,30,36)(H,31,34)(H3,26,28,32)/t16-,19?,20-,21-/m0/s1. The fourth-order valence-corrected chi connectivity index (χ4v) is 4.27. The van der Waals surface area contributed by atoms with E-state index in [0.29, 0.717) is 6.42 Å². The Labute approximate surface area is 222 Å². The first-order valence-electron chi connectivity index (χ1n) is 12.9. The summed E-state index contributed by atoms with van der Waals surface area (Å²) in [6, 6.07) is 5.54. The van der Waals surface area contributed by atoms with Crippen LogP contribution >= 0.6 is 0 Å². The number of hydrazine groups is 1. The fraction of sp³-hybridized carbons (Fsp3) is 0.600. The molecule has 1 unspecified atom stereocenters. The topological polar surface area (TPSA) is 193 Å². The lowest BCUT2D eigenvalue weighted by Crippen LogP contribution is -2.57. The Hall–Kier alpha value is -3.74. The van der Waals surface area contributed by atoms with Gasteiger partial charge in [-0.15, -0.1) is 0 Å². The van der Waals surface area contributed by atoms with Crippen molar-refractivity contribution in [1.29, 1.82) is 0 Å². The van der Waals surface area contributed by atoms with Gasteiger partial charge in [-0.3, -0.25) is 14.4 Å². The van der Waals surface area contributed by atoms with Gasteiger partial charge in [0.2, 0.25) is 17.7 Å². The summed E-state index contributed by atoms with van der Waals surface area (Å²) < 4.78 is 0. The number of carbonyl (C=O) groups is 3. The summed E-state index contributed by atoms with van der Waals surface area (Å²) >= 11 is 0. The minimum Gasteiger partial charge on any atom is -0.365 e. The number of aliphatic imine (C=N–C) groups is 1. The van der Waals surface area contributed by atoms with E-state index in [-0.39, 0.29) is 42.7 Å². The van der Waals surface area contributed by atoms with Crippen molar-refractivity contribution in [3.05, 3.63) is 45.5 Å². The lowest BCUT2D eigenvalue weighted by molar-refractivity contribution is -0.525. The summed E-state index contributed by atoms with van der Waals surface area (Å²) in [6.07, 6.45) is 3.20. The molecule has 0 aliphatic heterocycles. The Morgan fingerprint density at radius 2 is 1.84 bits per heavy atom. The van der Waals surface area contributed by atoms with Gasteiger partial charge < -0.3 is 27.0 Å². The van der Waals surface area contributed by atoms with Crippen molar-refractivity contribution >= 4 is 23.7 Å². The first-order chi connectivity index (χ1) is 18.0. The fourth-order valence-electron chi connectivity index (χ4n) is 4.27. The molecule has 38 heavy (non-hydrogen) atoms. The van der Waals surface area contributed by atoms with Crippen molar-refractivity contribution < 1.29 is 19.4 Å². The molecule has 13 heteroatoms. The molecule has 2 rings (SSSR count). The van der Waals surface area contributed by atoms with E-state index in [1.807, 2.05) is 32.0 Å². The number of carbonyl (C=O) groups excluding carboxylic acids is 3. The summed E-state index contributed by atoms with van der Waals surface area (Å²) in [4.78, 5) is 53.5. The normalized spacial score (nSPS) is 17.5. The van der Waals surface area contributed by atoms with Crippen LogP contribution in [0, 0.1) is 16.0 Å². The monoisotopic (exact) mass is 532 g/mol. The van der Waals surface area contributed by atoms with Gasteiger partial charge in [0, 0.05) is 6.54 Å². The molecule has 1 aliphatic rings. The Morgan fingerprint density at radius 3 is 2.50 bits per heavy atom. The summed E-state index contributed by atoms with van der Waals surface area (Å²) in [5.74, 6) is -1.73. The van der Waals surface area contributed by atoms with Crippen LogP contribution in [-0.2, 0) is 20.8 Å². The Bertz CT molecular complexity index is 1020. The van der Waals surface area contributed by atoms with Gasteiger partial charge in [0.05, 0.1) is 12.1 Å². The first kappa shape index (κ1) is 30.5. The van der Waals surface area contributed by atoms with Crippen molar-refractivity contribution in [2.45, 2.75) is 77.0 Å². The van der Waals surface area contributed by atoms with Crippen LogP contribution in [0.2, 0.25) is 0 Å². The molecule has 4 atom stereocenters. The minimum atomic E-state index is -0.906. The van der Waals surface area contributed by atoms with E-state index in [2.05, 4.69) is 32.3 Å². The van der Waals surface area contributed by atoms with Crippen molar-refractivity contribution in [3.8, 4) is 0 Å². The molecule has 1 aromatic carbocycles. The number of benzene rings is 1. The van der Waals surface area contributed by atoms with Crippen LogP contribution in [-0.4, -0.2) is 60.4 Å². The second kappa shape index (κ2) is 14.9. The molecule has 210 valence electrons. The maximum absolute atomic E-state index is 13.4. The first-order valence-corrected chi connectivity index (χ1v) is 12.9. The highest BCUT2D eigenvalue weighted by atomic mass is 16.7. The van der Waals surface area contributed by atoms with Crippen LogP contribution < -0.4 is 32.4 Å². The maximum Gasteiger partial charge on any atom is 0.251 e. The van der Waals surface area contributed by atoms with Gasteiger partial charge in [-0.05, 0) is 63.1 Å². The molecule has 0 fully saturated rings. The molecule has 0 bridgehead atoms. The van der Waals surface area contributed by atoms with Crippen LogP contribution in [0.4, 0.5) is 0 Å². The van der Waals surface area contributed by atoms with Gasteiger partial charge in [-0.2, -0.15) is 0 Å². The highest BCUT2D eigenvalue weighted by molar-refractivity contribution is 5.93. The molecule has 1 aliphatic carbocycles. The smallest absolute Gasteiger partial charge is 0.251 e. The SMILES string of the molecule is CN[C@@H](C)C(=O)N[C@H](C(=O)N[C@@H](CCCN=C(N)N[N+](=O)[O-])C(=O)NC1CCCc2ccccc21)C(C)C. The number of nitrogens with zero attached hydrogens (tertiary/aromatic N) is 2. The average Bonchev–Trinajstić information content (AvgIpc) is 2.87. The highest BCUT2D eigenvalue weighted by Gasteiger charge is 2.31. The third-order valence-corrected chi connectivity index (χ3v) is 6.53. The number of aryl methyl sites for hydroxylation is 1. The number of hydrogen-bond acceptors (Lipinski definition) is 7. The number of amides is 3. The van der Waals surface area contributed by atoms with Gasteiger partial charge in [0.1, 0.15) is 12.1 Å². The van der Waals surface area contributed by atoms with E-state index in [0.717, 1.165) is 24.8 Å². The summed E-state index contributed by atoms with van der Waals surface area (Å²) in [5, 5.41) is 21.2. The number of likely N-dealkylation sites (N-methyl/N-ethyl adjacent to an activating group) is 1. The third kappa shape index (κ3) is 9.29. The average molecular weight is 533 g/mol. The Balaban J connectivity index is 2.15. The number of nitrogens with one attached hydrogen (secondary N) is 5. The van der Waals surface area contributed by atoms with Gasteiger partial charge in [-0.1, -0.05) is 43.5 Å². The van der Waals surface area contributed by atoms with E-state index in [4.69, 9.17) is 5.73 Å². The van der Waals surface area contributed by atoms with Crippen molar-refractivity contribution in [2.75, 3.05) is 13.6 Å². The van der Waals surface area contributed by atoms with Crippen LogP contribution in [0.15, 0.2) is 29.3 Å². The molecule has 0 heterocycles. The molecule has 0 radical (unpaired) electrons. The van der Waals surface area contributed by atoms with Crippen LogP contribution in [0.3, 0.4) is 0 Å². The van der Waals surface area contributed by atoms with E-state index >= 15 is 0 Å². The zero-order valence-electron chi connectivity index (χ0n) is 22.5. The summed E-state index contributed by atoms with van der Waals surface area (Å²) in [5.41, 5.74) is 9.48. The second-order valence-corrected chi connectivity index (χ2v) is 9.73. The lowest BCUT2D eigenvalue weighted by Gasteiger charge is -2.30. The van der Waals surface area contributed by atoms with E-state index in [1.165, 1.54) is 5.56 Å². The zero-order valence-corrected chi connectivity index (χ0v) is 22.5. The number of nitrogens with two attached hydrogens (primary N) is 1. The van der Waals surface area contributed by atoms with Crippen LogP contribution in [0.1, 0.15) is 63.6 Å². The highest BCUT2D eigenvalue weighted by Crippen LogP contribution is 2.29. The molecule has 3 amide bonds. The molecule has 7 N–H and O–H groups in total. The van der Waals surface area contributed by atoms with Gasteiger partial charge in [-0.25, -0.2) is 15.1 Å². The quantitative estimate of drug-likeness (QED) is 0.0686. The number of fused-ring (bicyclic) bond motifs is 1. The molecule has 0 aromatic heterocycles. The lowest BCUT2D eigenvalue weighted by atomic mass is 9.87. The van der Waals surface area contributed by atoms with Crippen LogP contribution in [0.25, 0.3) is 0 Å². The molecule has 1 aromatic rings. The maximum atomic E-state index is 13.4. The van der Waals surface area contributed by atoms with E-state index < -0.39 is 29.1 Å². The number of rotatable bonds is 13. The Kier molecular flexibility index (Phi) is 11.9. The Morgan fingerprint density at radius 1 is 1.13 bits per heavy atom. The second-order valence-electron chi connectivity index (χ2n) is 9.73. The molecule has 13 nitrogen and oxygen atoms in total. The predicted molar refractivity (Wildman–Crippen MR) is 143 cm³/mol. The van der Waals surface area contributed by atoms with Gasteiger partial charge >= 0.3 is 0 Å². The largest absolute Gasteiger partial charge is 0.365 e. The molecular weight excluding hydrogens is 492 g/mol. The van der Waals surface area contributed by atoms with E-state index in [9.17, 15) is 24.5 Å². The van der Waals surface area contributed by atoms with E-state index in [1.54, 1.807) is 19.4 Å². The van der Waals surface area contributed by atoms with Crippen molar-refractivity contribution in [2.24, 2.45) is 16.6 Å². The summed E-state index contributed by atoms with van der Waals surface area (Å²) in [6.45, 7) is 5.41. The van der Waals surface area contributed by atoms with Crippen molar-refractivity contribution in [3.63, 3.8) is 0 Å². The molecule has 0 saturated heterocycles. The third-order valence-electron chi connectivity index (χ3n) is 6.53. The molecule has 0 spiro atoms. The predicted octanol–water partition coefficient (Wildman–Crippen LogP) is 0.290. The molecular formula is C25H40N8O5. The molecule has 0 saturated carbocycles. The van der Waals surface area contributed by atoms with Crippen LogP contribution in [0.5, 0.6) is 0 Å². The van der Waals surface area contributed by atoms with Gasteiger partial charge in [0.15, 0.2) is 5.03 Å². The number of guanidine groups is 1.